The number of fused-ring (bicyclic) bond motifs is 1. The van der Waals surface area contributed by atoms with E-state index in [2.05, 4.69) is 13.8 Å². The van der Waals surface area contributed by atoms with Crippen LogP contribution in [0, 0.1) is 34.4 Å². The van der Waals surface area contributed by atoms with Crippen molar-refractivity contribution >= 4 is 11.9 Å². The van der Waals surface area contributed by atoms with E-state index in [4.69, 9.17) is 20.6 Å². The second-order valence-corrected chi connectivity index (χ2v) is 9.94. The van der Waals surface area contributed by atoms with Crippen LogP contribution in [0.2, 0.25) is 0 Å². The van der Waals surface area contributed by atoms with Crippen LogP contribution >= 0.6 is 0 Å². The third kappa shape index (κ3) is 3.98. The maximum atomic E-state index is 14.3. The second-order valence-electron chi connectivity index (χ2n) is 9.94. The number of methoxy groups -OCH3 is 1. The fourth-order valence-electron chi connectivity index (χ4n) is 6.65. The Labute approximate surface area is 183 Å². The Kier molecular flexibility index (Phi) is 6.10. The second kappa shape index (κ2) is 8.51. The fourth-order valence-corrected chi connectivity index (χ4v) is 6.65. The van der Waals surface area contributed by atoms with Gasteiger partial charge in [-0.2, -0.15) is 0 Å². The summed E-state index contributed by atoms with van der Waals surface area (Å²) in [4.78, 5) is 15.4. The quantitative estimate of drug-likeness (QED) is 0.566. The van der Waals surface area contributed by atoms with Gasteiger partial charge in [-0.1, -0.05) is 19.9 Å². The lowest BCUT2D eigenvalue weighted by molar-refractivity contribution is -0.136. The number of benzene rings is 1. The molecule has 3 aliphatic rings. The van der Waals surface area contributed by atoms with Gasteiger partial charge in [-0.15, -0.1) is 0 Å². The van der Waals surface area contributed by atoms with Crippen molar-refractivity contribution in [2.45, 2.75) is 51.6 Å². The van der Waals surface area contributed by atoms with Gasteiger partial charge in [0.2, 0.25) is 5.91 Å². The standard InChI is InChI=1S/C24H34FN3O3/c1-14-9-24(10-15(2)21(14)30-3)11-17-4-5-18(25)8-19(17)20(24)22(29)28(23(26)27)12-16-6-7-31-13-16/h4-5,8,14-16,20-21H,6-7,9-13H2,1-3H3,(H3,26,27). The third-order valence-corrected chi connectivity index (χ3v) is 7.69. The van der Waals surface area contributed by atoms with Crippen molar-refractivity contribution in [3.05, 3.63) is 35.1 Å². The summed E-state index contributed by atoms with van der Waals surface area (Å²) >= 11 is 0. The number of carbonyl (C=O) groups excluding carboxylic acids is 1. The van der Waals surface area contributed by atoms with Gasteiger partial charge < -0.3 is 15.2 Å². The largest absolute Gasteiger partial charge is 0.381 e. The minimum atomic E-state index is -0.507. The highest BCUT2D eigenvalue weighted by atomic mass is 19.1. The molecule has 1 saturated heterocycles. The lowest BCUT2D eigenvalue weighted by atomic mass is 9.59. The predicted octanol–water partition coefficient (Wildman–Crippen LogP) is 3.29. The maximum absolute atomic E-state index is 14.3. The Balaban J connectivity index is 1.72. The predicted molar refractivity (Wildman–Crippen MR) is 116 cm³/mol. The number of nitrogens with zero attached hydrogens (tertiary/aromatic N) is 1. The first-order valence-electron chi connectivity index (χ1n) is 11.3. The smallest absolute Gasteiger partial charge is 0.237 e. The molecular formula is C24H34FN3O3. The van der Waals surface area contributed by atoms with Crippen LogP contribution in [0.5, 0.6) is 0 Å². The van der Waals surface area contributed by atoms with Gasteiger partial charge in [0.15, 0.2) is 5.96 Å². The van der Waals surface area contributed by atoms with Gasteiger partial charge in [-0.3, -0.25) is 15.1 Å². The van der Waals surface area contributed by atoms with Gasteiger partial charge in [0, 0.05) is 26.2 Å². The molecule has 7 heteroatoms. The van der Waals surface area contributed by atoms with Crippen LogP contribution in [0.1, 0.15) is 50.2 Å². The highest BCUT2D eigenvalue weighted by Gasteiger charge is 2.55. The van der Waals surface area contributed by atoms with E-state index < -0.39 is 5.92 Å². The van der Waals surface area contributed by atoms with E-state index in [1.54, 1.807) is 7.11 Å². The van der Waals surface area contributed by atoms with Gasteiger partial charge in [0.1, 0.15) is 5.82 Å². The normalized spacial score (nSPS) is 34.6. The molecule has 170 valence electrons. The van der Waals surface area contributed by atoms with Gasteiger partial charge in [0.25, 0.3) is 0 Å². The molecule has 3 N–H and O–H groups in total. The van der Waals surface area contributed by atoms with Crippen molar-refractivity contribution < 1.29 is 18.7 Å². The first kappa shape index (κ1) is 22.2. The average molecular weight is 432 g/mol. The number of hydrogen-bond acceptors (Lipinski definition) is 4. The van der Waals surface area contributed by atoms with Crippen molar-refractivity contribution in [1.82, 2.24) is 4.90 Å². The fraction of sp³-hybridized carbons (Fsp3) is 0.667. The SMILES string of the molecule is COC1C(C)CC2(Cc3ccc(F)cc3C2C(=O)N(CC2CCOC2)C(=N)N)CC1C. The summed E-state index contributed by atoms with van der Waals surface area (Å²) in [5.41, 5.74) is 7.37. The molecule has 1 aromatic carbocycles. The first-order chi connectivity index (χ1) is 14.8. The molecule has 31 heavy (non-hydrogen) atoms. The number of carbonyl (C=O) groups is 1. The van der Waals surface area contributed by atoms with E-state index in [9.17, 15) is 9.18 Å². The number of rotatable bonds is 4. The molecule has 1 spiro atoms. The minimum absolute atomic E-state index is 0.140. The minimum Gasteiger partial charge on any atom is -0.381 e. The molecule has 4 rings (SSSR count). The molecule has 0 aromatic heterocycles. The van der Waals surface area contributed by atoms with Crippen LogP contribution in [-0.2, 0) is 20.7 Å². The summed E-state index contributed by atoms with van der Waals surface area (Å²) in [7, 11) is 1.75. The molecule has 0 radical (unpaired) electrons. The zero-order valence-corrected chi connectivity index (χ0v) is 18.7. The van der Waals surface area contributed by atoms with Crippen molar-refractivity contribution in [2.24, 2.45) is 28.9 Å². The van der Waals surface area contributed by atoms with Crippen molar-refractivity contribution in [3.8, 4) is 0 Å². The van der Waals surface area contributed by atoms with Gasteiger partial charge in [-0.25, -0.2) is 4.39 Å². The van der Waals surface area contributed by atoms with Crippen LogP contribution in [0.15, 0.2) is 18.2 Å². The molecule has 2 fully saturated rings. The van der Waals surface area contributed by atoms with Crippen LogP contribution in [0.3, 0.4) is 0 Å². The zero-order chi connectivity index (χ0) is 22.3. The Bertz CT molecular complexity index is 842. The lowest BCUT2D eigenvalue weighted by Crippen LogP contribution is -2.51. The van der Waals surface area contributed by atoms with Crippen LogP contribution < -0.4 is 5.73 Å². The van der Waals surface area contributed by atoms with Gasteiger partial charge >= 0.3 is 0 Å². The zero-order valence-electron chi connectivity index (χ0n) is 18.7. The monoisotopic (exact) mass is 431 g/mol. The Hall–Kier alpha value is -1.99. The van der Waals surface area contributed by atoms with E-state index in [-0.39, 0.29) is 47.0 Å². The molecule has 4 unspecified atom stereocenters. The molecule has 1 heterocycles. The summed E-state index contributed by atoms with van der Waals surface area (Å²) < 4.78 is 25.5. The summed E-state index contributed by atoms with van der Waals surface area (Å²) in [5, 5.41) is 8.13. The number of amides is 1. The van der Waals surface area contributed by atoms with E-state index in [1.165, 1.54) is 17.0 Å². The molecule has 0 bridgehead atoms. The van der Waals surface area contributed by atoms with Crippen molar-refractivity contribution in [2.75, 3.05) is 26.9 Å². The topological polar surface area (TPSA) is 88.6 Å². The van der Waals surface area contributed by atoms with Crippen molar-refractivity contribution in [1.29, 1.82) is 5.41 Å². The molecule has 1 aliphatic heterocycles. The highest BCUT2D eigenvalue weighted by Crippen LogP contribution is 2.58. The number of nitrogens with two attached hydrogens (primary N) is 1. The Morgan fingerprint density at radius 3 is 2.65 bits per heavy atom. The number of ether oxygens (including phenoxy) is 2. The van der Waals surface area contributed by atoms with Crippen LogP contribution in [-0.4, -0.2) is 49.7 Å². The molecule has 1 saturated carbocycles. The summed E-state index contributed by atoms with van der Waals surface area (Å²) in [6, 6.07) is 4.81. The first-order valence-corrected chi connectivity index (χ1v) is 11.3. The molecule has 1 aromatic rings. The van der Waals surface area contributed by atoms with E-state index in [1.807, 2.05) is 6.07 Å². The average Bonchev–Trinajstić information content (AvgIpc) is 3.30. The highest BCUT2D eigenvalue weighted by molar-refractivity contribution is 5.99. The maximum Gasteiger partial charge on any atom is 0.237 e. The molecular weight excluding hydrogens is 397 g/mol. The molecule has 2 aliphatic carbocycles. The number of guanidine groups is 1. The Morgan fingerprint density at radius 1 is 1.35 bits per heavy atom. The number of hydrogen-bond donors (Lipinski definition) is 2. The number of halogens is 1. The third-order valence-electron chi connectivity index (χ3n) is 7.69. The van der Waals surface area contributed by atoms with Crippen LogP contribution in [0.4, 0.5) is 4.39 Å². The molecule has 4 atom stereocenters. The summed E-state index contributed by atoms with van der Waals surface area (Å²) in [5.74, 6) is -0.553. The van der Waals surface area contributed by atoms with E-state index >= 15 is 0 Å². The lowest BCUT2D eigenvalue weighted by Gasteiger charge is -2.48. The van der Waals surface area contributed by atoms with Gasteiger partial charge in [0.05, 0.1) is 18.6 Å². The Morgan fingerprint density at radius 2 is 2.06 bits per heavy atom. The van der Waals surface area contributed by atoms with Gasteiger partial charge in [-0.05, 0) is 66.2 Å². The summed E-state index contributed by atoms with van der Waals surface area (Å²) in [6.07, 6.45) is 3.37. The molecule has 6 nitrogen and oxygen atoms in total. The van der Waals surface area contributed by atoms with E-state index in [0.29, 0.717) is 19.8 Å². The summed E-state index contributed by atoms with van der Waals surface area (Å²) in [6.45, 7) is 5.96. The van der Waals surface area contributed by atoms with E-state index in [0.717, 1.165) is 36.8 Å². The number of nitrogens with one attached hydrogen (secondary N) is 1. The van der Waals surface area contributed by atoms with Crippen molar-refractivity contribution in [3.63, 3.8) is 0 Å². The van der Waals surface area contributed by atoms with Crippen LogP contribution in [0.25, 0.3) is 0 Å². The molecule has 1 amide bonds.